The summed E-state index contributed by atoms with van der Waals surface area (Å²) < 4.78 is 0. The molecule has 2 aromatic carbocycles. The van der Waals surface area contributed by atoms with E-state index >= 15 is 0 Å². The van der Waals surface area contributed by atoms with Crippen LogP contribution < -0.4 is 5.73 Å². The van der Waals surface area contributed by atoms with Crippen molar-refractivity contribution in [3.63, 3.8) is 0 Å². The molecule has 16 heavy (non-hydrogen) atoms. The van der Waals surface area contributed by atoms with Gasteiger partial charge in [0.05, 0.1) is 0 Å². The molecule has 0 amide bonds. The lowest BCUT2D eigenvalue weighted by atomic mass is 10.1. The molecule has 0 aliphatic rings. The molecule has 0 radical (unpaired) electrons. The van der Waals surface area contributed by atoms with Crippen molar-refractivity contribution >= 4 is 23.4 Å². The molecule has 0 aliphatic carbocycles. The molecule has 0 saturated heterocycles. The number of hydrogen-bond donors (Lipinski definition) is 2. The number of aryl methyl sites for hydroxylation is 1. The van der Waals surface area contributed by atoms with Crippen LogP contribution in [0.1, 0.15) is 12.5 Å². The molecule has 1 nitrogen and oxygen atoms in total. The fourth-order valence-corrected chi connectivity index (χ4v) is 1.31. The molecule has 0 spiro atoms. The van der Waals surface area contributed by atoms with Crippen LogP contribution in [0.4, 0.5) is 0 Å². The number of rotatable bonds is 0. The summed E-state index contributed by atoms with van der Waals surface area (Å²) in [4.78, 5) is 0. The fraction of sp³-hybridized carbons (Fsp3) is 0.286. The van der Waals surface area contributed by atoms with Crippen LogP contribution in [0.2, 0.25) is 0 Å². The zero-order valence-electron chi connectivity index (χ0n) is 10.3. The smallest absolute Gasteiger partial charge is 0.0126 e. The number of fused-ring (bicyclic) bond motifs is 1. The van der Waals surface area contributed by atoms with Crippen molar-refractivity contribution in [2.45, 2.75) is 13.8 Å². The first-order valence-electron chi connectivity index (χ1n) is 5.42. The van der Waals surface area contributed by atoms with Crippen molar-refractivity contribution in [2.75, 3.05) is 12.8 Å². The van der Waals surface area contributed by atoms with E-state index in [1.165, 1.54) is 23.4 Å². The van der Waals surface area contributed by atoms with Gasteiger partial charge in [-0.25, -0.2) is 0 Å². The molecular weight excluding hydrogens is 214 g/mol. The summed E-state index contributed by atoms with van der Waals surface area (Å²) in [6.07, 6.45) is 0. The lowest BCUT2D eigenvalue weighted by Gasteiger charge is -1.96. The second-order valence-electron chi connectivity index (χ2n) is 3.17. The van der Waals surface area contributed by atoms with Gasteiger partial charge in [0, 0.05) is 0 Å². The van der Waals surface area contributed by atoms with E-state index in [0.717, 1.165) is 5.75 Å². The summed E-state index contributed by atoms with van der Waals surface area (Å²) in [7, 11) is 1.50. The standard InChI is InChI=1S/C11H10.C2H6S.CH5N/c1-9-6-7-10-4-2-3-5-11(10)8-9;1-2-3;1-2/h2-8H,1H3;3H,2H2,1H3;2H2,1H3. The van der Waals surface area contributed by atoms with Crippen molar-refractivity contribution in [3.05, 3.63) is 48.0 Å². The topological polar surface area (TPSA) is 26.0 Å². The SMILES string of the molecule is CCS.CN.Cc1ccc2ccccc2c1. The third-order valence-corrected chi connectivity index (χ3v) is 1.90. The van der Waals surface area contributed by atoms with Crippen molar-refractivity contribution in [1.29, 1.82) is 0 Å². The van der Waals surface area contributed by atoms with Crippen molar-refractivity contribution < 1.29 is 0 Å². The molecule has 2 rings (SSSR count). The van der Waals surface area contributed by atoms with E-state index in [2.05, 4.69) is 67.8 Å². The first-order chi connectivity index (χ1) is 7.77. The summed E-state index contributed by atoms with van der Waals surface area (Å²) in [5.74, 6) is 0.944. The van der Waals surface area contributed by atoms with Crippen molar-refractivity contribution in [1.82, 2.24) is 0 Å². The summed E-state index contributed by atoms with van der Waals surface area (Å²) in [6.45, 7) is 4.11. The molecule has 2 heteroatoms. The quantitative estimate of drug-likeness (QED) is 0.670. The highest BCUT2D eigenvalue weighted by Crippen LogP contribution is 2.14. The van der Waals surface area contributed by atoms with Gasteiger partial charge in [-0.15, -0.1) is 0 Å². The Morgan fingerprint density at radius 1 is 1.00 bits per heavy atom. The van der Waals surface area contributed by atoms with Crippen LogP contribution in [-0.4, -0.2) is 12.8 Å². The van der Waals surface area contributed by atoms with Crippen LogP contribution in [0.3, 0.4) is 0 Å². The predicted octanol–water partition coefficient (Wildman–Crippen LogP) is 3.66. The molecule has 0 atom stereocenters. The Balaban J connectivity index is 0.000000394. The monoisotopic (exact) mass is 235 g/mol. The molecule has 0 unspecified atom stereocenters. The molecule has 0 bridgehead atoms. The van der Waals surface area contributed by atoms with Gasteiger partial charge in [-0.1, -0.05) is 55.0 Å². The Bertz CT molecular complexity index is 399. The van der Waals surface area contributed by atoms with E-state index < -0.39 is 0 Å². The number of hydrogen-bond acceptors (Lipinski definition) is 2. The second kappa shape index (κ2) is 9.25. The lowest BCUT2D eigenvalue weighted by molar-refractivity contribution is 1.48. The van der Waals surface area contributed by atoms with Crippen LogP contribution in [-0.2, 0) is 0 Å². The Morgan fingerprint density at radius 3 is 2.06 bits per heavy atom. The summed E-state index contributed by atoms with van der Waals surface area (Å²) in [6, 6.07) is 14.9. The molecular formula is C14H21NS. The van der Waals surface area contributed by atoms with Crippen LogP contribution in [0.5, 0.6) is 0 Å². The van der Waals surface area contributed by atoms with Gasteiger partial charge in [-0.3, -0.25) is 0 Å². The van der Waals surface area contributed by atoms with Gasteiger partial charge >= 0.3 is 0 Å². The lowest BCUT2D eigenvalue weighted by Crippen LogP contribution is -1.73. The second-order valence-corrected chi connectivity index (χ2v) is 3.80. The molecule has 0 aromatic heterocycles. The van der Waals surface area contributed by atoms with E-state index in [1.54, 1.807) is 0 Å². The van der Waals surface area contributed by atoms with Crippen LogP contribution >= 0.6 is 12.6 Å². The zero-order chi connectivity index (χ0) is 12.4. The molecule has 2 N–H and O–H groups in total. The van der Waals surface area contributed by atoms with E-state index in [4.69, 9.17) is 0 Å². The van der Waals surface area contributed by atoms with Gasteiger partial charge in [0.15, 0.2) is 0 Å². The number of nitrogens with two attached hydrogens (primary N) is 1. The molecule has 0 heterocycles. The average molecular weight is 235 g/mol. The zero-order valence-corrected chi connectivity index (χ0v) is 11.2. The predicted molar refractivity (Wildman–Crippen MR) is 78.3 cm³/mol. The normalized spacial score (nSPS) is 8.56. The van der Waals surface area contributed by atoms with Gasteiger partial charge in [-0.2, -0.15) is 12.6 Å². The Labute approximate surface area is 104 Å². The first kappa shape index (κ1) is 15.0. The maximum absolute atomic E-state index is 4.50. The molecule has 2 aromatic rings. The van der Waals surface area contributed by atoms with E-state index in [1.807, 2.05) is 6.92 Å². The van der Waals surface area contributed by atoms with E-state index in [-0.39, 0.29) is 0 Å². The summed E-state index contributed by atoms with van der Waals surface area (Å²) in [5.41, 5.74) is 5.82. The highest BCUT2D eigenvalue weighted by Gasteiger charge is 1.89. The maximum Gasteiger partial charge on any atom is -0.0126 e. The van der Waals surface area contributed by atoms with Gasteiger partial charge in [-0.05, 0) is 30.5 Å². The highest BCUT2D eigenvalue weighted by atomic mass is 32.1. The van der Waals surface area contributed by atoms with Gasteiger partial charge < -0.3 is 5.73 Å². The summed E-state index contributed by atoms with van der Waals surface area (Å²) >= 11 is 3.79. The van der Waals surface area contributed by atoms with Crippen molar-refractivity contribution in [2.24, 2.45) is 5.73 Å². The first-order valence-corrected chi connectivity index (χ1v) is 6.05. The molecule has 0 saturated carbocycles. The van der Waals surface area contributed by atoms with Crippen LogP contribution in [0.15, 0.2) is 42.5 Å². The minimum absolute atomic E-state index is 0.944. The number of benzene rings is 2. The molecule has 0 fully saturated rings. The van der Waals surface area contributed by atoms with Gasteiger partial charge in [0.1, 0.15) is 0 Å². The summed E-state index contributed by atoms with van der Waals surface area (Å²) in [5, 5.41) is 2.64. The highest BCUT2D eigenvalue weighted by molar-refractivity contribution is 7.80. The minimum atomic E-state index is 0.944. The largest absolute Gasteiger partial charge is 0.333 e. The van der Waals surface area contributed by atoms with Crippen LogP contribution in [0, 0.1) is 6.92 Å². The van der Waals surface area contributed by atoms with Gasteiger partial charge in [0.25, 0.3) is 0 Å². The van der Waals surface area contributed by atoms with Crippen molar-refractivity contribution in [3.8, 4) is 0 Å². The average Bonchev–Trinajstić information content (AvgIpc) is 2.32. The number of thiol groups is 1. The molecule has 88 valence electrons. The Hall–Kier alpha value is -0.990. The third-order valence-electron chi connectivity index (χ3n) is 1.90. The minimum Gasteiger partial charge on any atom is -0.333 e. The maximum atomic E-state index is 4.50. The van der Waals surface area contributed by atoms with Crippen LogP contribution in [0.25, 0.3) is 10.8 Å². The van der Waals surface area contributed by atoms with Gasteiger partial charge in [0.2, 0.25) is 0 Å². The Morgan fingerprint density at radius 2 is 1.50 bits per heavy atom. The molecule has 0 aliphatic heterocycles. The fourth-order valence-electron chi connectivity index (χ4n) is 1.31. The third kappa shape index (κ3) is 5.19. The van der Waals surface area contributed by atoms with E-state index in [9.17, 15) is 0 Å². The Kier molecular flexibility index (Phi) is 8.68. The van der Waals surface area contributed by atoms with E-state index in [0.29, 0.717) is 0 Å².